The lowest BCUT2D eigenvalue weighted by Crippen LogP contribution is -2.26. The molecular weight excluding hydrogens is 578 g/mol. The lowest BCUT2D eigenvalue weighted by atomic mass is 10.2. The van der Waals surface area contributed by atoms with Gasteiger partial charge in [0.2, 0.25) is 5.82 Å². The van der Waals surface area contributed by atoms with Crippen LogP contribution in [0.3, 0.4) is 0 Å². The van der Waals surface area contributed by atoms with E-state index in [4.69, 9.17) is 23.6 Å². The maximum Gasteiger partial charge on any atom is 0.347 e. The van der Waals surface area contributed by atoms with Crippen LogP contribution in [0.15, 0.2) is 85.5 Å². The summed E-state index contributed by atoms with van der Waals surface area (Å²) in [5, 5.41) is 5.84. The van der Waals surface area contributed by atoms with Gasteiger partial charge in [0.15, 0.2) is 23.4 Å². The number of esters is 1. The Morgan fingerprint density at radius 1 is 1.07 bits per heavy atom. The molecule has 2 heterocycles. The molecule has 9 nitrogen and oxygen atoms in total. The molecule has 10 heteroatoms. The van der Waals surface area contributed by atoms with Crippen LogP contribution in [0.1, 0.15) is 26.3 Å². The van der Waals surface area contributed by atoms with Crippen LogP contribution in [0.4, 0.5) is 0 Å². The minimum absolute atomic E-state index is 0.253. The van der Waals surface area contributed by atoms with E-state index in [1.54, 1.807) is 44.2 Å². The van der Waals surface area contributed by atoms with Gasteiger partial charge in [0, 0.05) is 15.4 Å². The Kier molecular flexibility index (Phi) is 7.97. The van der Waals surface area contributed by atoms with E-state index in [1.807, 2.05) is 43.3 Å². The van der Waals surface area contributed by atoms with Crippen LogP contribution in [0.25, 0.3) is 33.5 Å². The fourth-order valence-corrected chi connectivity index (χ4v) is 4.54. The molecule has 0 radical (unpaired) electrons. The first-order valence-electron chi connectivity index (χ1n) is 12.7. The van der Waals surface area contributed by atoms with Gasteiger partial charge < -0.3 is 18.6 Å². The number of hydrogen-bond acceptors (Lipinski definition) is 8. The number of carbonyl (C=O) groups excluding carboxylic acids is 1. The van der Waals surface area contributed by atoms with Crippen molar-refractivity contribution >= 4 is 50.0 Å². The second-order valence-electron chi connectivity index (χ2n) is 8.73. The van der Waals surface area contributed by atoms with Crippen molar-refractivity contribution in [2.24, 2.45) is 5.10 Å². The van der Waals surface area contributed by atoms with Crippen molar-refractivity contribution in [1.82, 2.24) is 9.66 Å². The van der Waals surface area contributed by atoms with Gasteiger partial charge >= 0.3 is 5.97 Å². The standard InChI is InChI=1S/C30H26BrN3O6/c1-4-37-25-15-20(22(31)16-26(25)39-18(3)30(36)38-5-2)17-32-34-28(27-14-19-10-6-9-13-24(19)40-27)33-23-12-8-7-11-21(23)29(34)35/h6-18H,4-5H2,1-3H3/t18-/m1/s1. The second-order valence-corrected chi connectivity index (χ2v) is 9.58. The minimum atomic E-state index is -0.834. The lowest BCUT2D eigenvalue weighted by molar-refractivity contribution is -0.150. The predicted octanol–water partition coefficient (Wildman–Crippen LogP) is 6.18. The zero-order valence-electron chi connectivity index (χ0n) is 22.1. The van der Waals surface area contributed by atoms with Crippen molar-refractivity contribution in [1.29, 1.82) is 0 Å². The molecule has 0 bridgehead atoms. The highest BCUT2D eigenvalue weighted by Gasteiger charge is 2.20. The summed E-state index contributed by atoms with van der Waals surface area (Å²) in [4.78, 5) is 30.4. The number of halogens is 1. The normalized spacial score (nSPS) is 12.2. The van der Waals surface area contributed by atoms with Crippen LogP contribution in [0.2, 0.25) is 0 Å². The summed E-state index contributed by atoms with van der Waals surface area (Å²) < 4.78 is 24.5. The molecule has 1 atom stereocenters. The van der Waals surface area contributed by atoms with E-state index in [2.05, 4.69) is 21.0 Å². The molecule has 0 aliphatic rings. The first kappa shape index (κ1) is 27.1. The highest BCUT2D eigenvalue weighted by Crippen LogP contribution is 2.34. The van der Waals surface area contributed by atoms with Gasteiger partial charge in [0.05, 0.1) is 30.3 Å². The van der Waals surface area contributed by atoms with Gasteiger partial charge in [0.25, 0.3) is 5.56 Å². The summed E-state index contributed by atoms with van der Waals surface area (Å²) in [5.41, 5.74) is 1.47. The van der Waals surface area contributed by atoms with E-state index in [0.717, 1.165) is 5.39 Å². The minimum Gasteiger partial charge on any atom is -0.490 e. The van der Waals surface area contributed by atoms with Crippen molar-refractivity contribution < 1.29 is 23.4 Å². The van der Waals surface area contributed by atoms with Crippen LogP contribution >= 0.6 is 15.9 Å². The zero-order chi connectivity index (χ0) is 28.2. The van der Waals surface area contributed by atoms with Gasteiger partial charge in [-0.2, -0.15) is 9.78 Å². The van der Waals surface area contributed by atoms with Crippen LogP contribution in [0, 0.1) is 0 Å². The molecule has 204 valence electrons. The monoisotopic (exact) mass is 603 g/mol. The van der Waals surface area contributed by atoms with E-state index in [1.165, 1.54) is 10.9 Å². The number of para-hydroxylation sites is 2. The molecule has 0 saturated carbocycles. The maximum atomic E-state index is 13.6. The number of carbonyl (C=O) groups is 1. The molecule has 2 aromatic heterocycles. The summed E-state index contributed by atoms with van der Waals surface area (Å²) in [6.07, 6.45) is 0.689. The Balaban J connectivity index is 1.59. The first-order chi connectivity index (χ1) is 19.4. The Hall–Kier alpha value is -4.44. The molecule has 0 spiro atoms. The molecule has 0 fully saturated rings. The van der Waals surface area contributed by atoms with E-state index in [0.29, 0.717) is 50.4 Å². The average Bonchev–Trinajstić information content (AvgIpc) is 3.39. The molecule has 0 aliphatic carbocycles. The van der Waals surface area contributed by atoms with Crippen molar-refractivity contribution in [2.75, 3.05) is 13.2 Å². The molecular formula is C30H26BrN3O6. The SMILES string of the molecule is CCOC(=O)[C@@H](C)Oc1cc(Br)c(C=Nn2c(-c3cc4ccccc4o3)nc3ccccc3c2=O)cc1OCC. The number of nitrogens with zero attached hydrogens (tertiary/aromatic N) is 3. The van der Waals surface area contributed by atoms with E-state index in [9.17, 15) is 9.59 Å². The number of furan rings is 1. The van der Waals surface area contributed by atoms with Gasteiger partial charge in [-0.3, -0.25) is 4.79 Å². The molecule has 5 aromatic rings. The second kappa shape index (κ2) is 11.7. The summed E-state index contributed by atoms with van der Waals surface area (Å²) in [7, 11) is 0. The number of fused-ring (bicyclic) bond motifs is 2. The van der Waals surface area contributed by atoms with Crippen LogP contribution < -0.4 is 15.0 Å². The maximum absolute atomic E-state index is 13.6. The molecule has 0 saturated heterocycles. The molecule has 0 amide bonds. The van der Waals surface area contributed by atoms with E-state index >= 15 is 0 Å². The van der Waals surface area contributed by atoms with Crippen LogP contribution in [-0.2, 0) is 9.53 Å². The molecule has 0 N–H and O–H groups in total. The summed E-state index contributed by atoms with van der Waals surface area (Å²) in [5.74, 6) is 0.962. The zero-order valence-corrected chi connectivity index (χ0v) is 23.7. The Morgan fingerprint density at radius 2 is 1.85 bits per heavy atom. The molecule has 40 heavy (non-hydrogen) atoms. The van der Waals surface area contributed by atoms with Gasteiger partial charge in [-0.05, 0) is 73.1 Å². The molecule has 0 unspecified atom stereocenters. The van der Waals surface area contributed by atoms with Gasteiger partial charge in [-0.1, -0.05) is 30.3 Å². The van der Waals surface area contributed by atoms with E-state index < -0.39 is 12.1 Å². The number of aromatic nitrogens is 2. The fraction of sp³-hybridized carbons (Fsp3) is 0.200. The number of hydrogen-bond donors (Lipinski definition) is 0. The third kappa shape index (κ3) is 5.48. The van der Waals surface area contributed by atoms with Crippen molar-refractivity contribution in [3.05, 3.63) is 87.1 Å². The molecule has 0 aliphatic heterocycles. The van der Waals surface area contributed by atoms with Gasteiger partial charge in [-0.25, -0.2) is 9.78 Å². The number of rotatable bonds is 9. The smallest absolute Gasteiger partial charge is 0.347 e. The summed E-state index contributed by atoms with van der Waals surface area (Å²) in [6.45, 7) is 5.80. The van der Waals surface area contributed by atoms with Crippen molar-refractivity contribution in [3.8, 4) is 23.1 Å². The number of ether oxygens (including phenoxy) is 3. The Bertz CT molecular complexity index is 1760. The van der Waals surface area contributed by atoms with Crippen molar-refractivity contribution in [3.63, 3.8) is 0 Å². The highest BCUT2D eigenvalue weighted by molar-refractivity contribution is 9.10. The fourth-order valence-electron chi connectivity index (χ4n) is 4.11. The topological polar surface area (TPSA) is 105 Å². The van der Waals surface area contributed by atoms with Crippen molar-refractivity contribution in [2.45, 2.75) is 26.9 Å². The average molecular weight is 604 g/mol. The van der Waals surface area contributed by atoms with Gasteiger partial charge in [-0.15, -0.1) is 0 Å². The van der Waals surface area contributed by atoms with Gasteiger partial charge in [0.1, 0.15) is 5.58 Å². The third-order valence-corrected chi connectivity index (χ3v) is 6.68. The molecule has 3 aromatic carbocycles. The first-order valence-corrected chi connectivity index (χ1v) is 13.5. The van der Waals surface area contributed by atoms with Crippen LogP contribution in [0.5, 0.6) is 11.5 Å². The van der Waals surface area contributed by atoms with E-state index in [-0.39, 0.29) is 18.0 Å². The Morgan fingerprint density at radius 3 is 2.62 bits per heavy atom. The predicted molar refractivity (Wildman–Crippen MR) is 156 cm³/mol. The largest absolute Gasteiger partial charge is 0.490 e. The van der Waals surface area contributed by atoms with Crippen LogP contribution in [-0.4, -0.2) is 41.2 Å². The summed E-state index contributed by atoms with van der Waals surface area (Å²) in [6, 6.07) is 19.9. The third-order valence-electron chi connectivity index (χ3n) is 6.00. The highest BCUT2D eigenvalue weighted by atomic mass is 79.9. The lowest BCUT2D eigenvalue weighted by Gasteiger charge is -2.17. The number of benzene rings is 3. The summed E-state index contributed by atoms with van der Waals surface area (Å²) >= 11 is 3.54. The quantitative estimate of drug-likeness (QED) is 0.146. The Labute approximate surface area is 238 Å². The molecule has 5 rings (SSSR count).